The lowest BCUT2D eigenvalue weighted by atomic mass is 9.92. The van der Waals surface area contributed by atoms with Crippen molar-refractivity contribution in [2.75, 3.05) is 0 Å². The van der Waals surface area contributed by atoms with Crippen LogP contribution in [0.1, 0.15) is 24.0 Å². The lowest BCUT2D eigenvalue weighted by Crippen LogP contribution is -1.96. The fraction of sp³-hybridized carbons (Fsp3) is 0.188. The topological polar surface area (TPSA) is 33.1 Å². The monoisotopic (exact) mass is 255 g/mol. The van der Waals surface area contributed by atoms with E-state index in [9.17, 15) is 9.50 Å². The third kappa shape index (κ3) is 2.12. The smallest absolute Gasteiger partial charge is 0.149 e. The Labute approximate surface area is 111 Å². The molecule has 2 nitrogen and oxygen atoms in total. The minimum atomic E-state index is -0.403. The first-order chi connectivity index (χ1) is 9.27. The van der Waals surface area contributed by atoms with Crippen molar-refractivity contribution in [3.8, 4) is 16.9 Å². The van der Waals surface area contributed by atoms with Crippen LogP contribution in [0, 0.1) is 5.82 Å². The van der Waals surface area contributed by atoms with Crippen molar-refractivity contribution in [1.29, 1.82) is 0 Å². The van der Waals surface area contributed by atoms with Gasteiger partial charge >= 0.3 is 0 Å². The quantitative estimate of drug-likeness (QED) is 0.837. The second kappa shape index (κ2) is 4.84. The summed E-state index contributed by atoms with van der Waals surface area (Å²) in [5.74, 6) is -0.279. The Hall–Kier alpha value is -2.16. The summed E-state index contributed by atoms with van der Waals surface area (Å²) >= 11 is 0. The zero-order valence-corrected chi connectivity index (χ0v) is 10.4. The van der Waals surface area contributed by atoms with Gasteiger partial charge in [0.15, 0.2) is 0 Å². The SMILES string of the molecule is Oc1ccc2c(c1-c1ccncc1F)CCCC=C2. The van der Waals surface area contributed by atoms with Crippen molar-refractivity contribution in [2.24, 2.45) is 0 Å². The Bertz CT molecular complexity index is 649. The molecule has 0 radical (unpaired) electrons. The van der Waals surface area contributed by atoms with Crippen LogP contribution in [0.3, 0.4) is 0 Å². The molecule has 3 rings (SSSR count). The molecule has 1 aliphatic carbocycles. The van der Waals surface area contributed by atoms with Gasteiger partial charge < -0.3 is 5.11 Å². The van der Waals surface area contributed by atoms with Crippen molar-refractivity contribution in [1.82, 2.24) is 4.98 Å². The number of hydrogen-bond acceptors (Lipinski definition) is 2. The summed E-state index contributed by atoms with van der Waals surface area (Å²) in [5.41, 5.74) is 3.09. The van der Waals surface area contributed by atoms with Crippen LogP contribution in [-0.4, -0.2) is 10.1 Å². The summed E-state index contributed by atoms with van der Waals surface area (Å²) in [5, 5.41) is 10.1. The van der Waals surface area contributed by atoms with Gasteiger partial charge in [0, 0.05) is 17.3 Å². The summed E-state index contributed by atoms with van der Waals surface area (Å²) in [6.07, 6.45) is 9.75. The Balaban J connectivity index is 2.27. The number of phenols is 1. The average molecular weight is 255 g/mol. The fourth-order valence-electron chi connectivity index (χ4n) is 2.56. The van der Waals surface area contributed by atoms with E-state index in [1.807, 2.05) is 12.1 Å². The molecule has 1 aromatic heterocycles. The molecule has 1 aliphatic rings. The van der Waals surface area contributed by atoms with Gasteiger partial charge in [-0.05, 0) is 42.5 Å². The Kier molecular flexibility index (Phi) is 3.03. The number of aromatic hydroxyl groups is 1. The van der Waals surface area contributed by atoms with Gasteiger partial charge in [-0.15, -0.1) is 0 Å². The number of pyridine rings is 1. The summed E-state index contributed by atoms with van der Waals surface area (Å²) in [4.78, 5) is 3.76. The van der Waals surface area contributed by atoms with Gasteiger partial charge in [-0.1, -0.05) is 18.2 Å². The largest absolute Gasteiger partial charge is 0.507 e. The zero-order valence-electron chi connectivity index (χ0n) is 10.4. The molecule has 1 aromatic carbocycles. The van der Waals surface area contributed by atoms with Crippen LogP contribution < -0.4 is 0 Å². The Morgan fingerprint density at radius 1 is 1.21 bits per heavy atom. The van der Waals surface area contributed by atoms with Gasteiger partial charge in [0.25, 0.3) is 0 Å². The predicted molar refractivity (Wildman–Crippen MR) is 73.3 cm³/mol. The molecule has 1 N–H and O–H groups in total. The standard InChI is InChI=1S/C16H14FNO/c17-14-10-18-9-8-13(14)16-12-5-3-1-2-4-11(12)6-7-15(16)19/h2,4,6-10,19H,1,3,5H2. The zero-order chi connectivity index (χ0) is 13.2. The normalized spacial score (nSPS) is 13.9. The number of benzene rings is 1. The van der Waals surface area contributed by atoms with Gasteiger partial charge in [0.05, 0.1) is 6.20 Å². The first-order valence-electron chi connectivity index (χ1n) is 6.38. The molecule has 19 heavy (non-hydrogen) atoms. The lowest BCUT2D eigenvalue weighted by molar-refractivity contribution is 0.476. The van der Waals surface area contributed by atoms with Crippen LogP contribution in [0.4, 0.5) is 4.39 Å². The summed E-state index contributed by atoms with van der Waals surface area (Å²) < 4.78 is 13.9. The highest BCUT2D eigenvalue weighted by molar-refractivity contribution is 5.78. The highest BCUT2D eigenvalue weighted by Crippen LogP contribution is 2.38. The van der Waals surface area contributed by atoms with Crippen molar-refractivity contribution in [2.45, 2.75) is 19.3 Å². The lowest BCUT2D eigenvalue weighted by Gasteiger charge is -2.14. The van der Waals surface area contributed by atoms with E-state index in [-0.39, 0.29) is 5.75 Å². The molecule has 0 amide bonds. The molecule has 0 aliphatic heterocycles. The van der Waals surface area contributed by atoms with Gasteiger partial charge in [-0.3, -0.25) is 4.98 Å². The van der Waals surface area contributed by atoms with E-state index in [1.165, 1.54) is 6.20 Å². The number of halogens is 1. The molecule has 2 aromatic rings. The number of aromatic nitrogens is 1. The molecule has 0 spiro atoms. The van der Waals surface area contributed by atoms with E-state index < -0.39 is 5.82 Å². The van der Waals surface area contributed by atoms with Gasteiger partial charge in [0.1, 0.15) is 11.6 Å². The van der Waals surface area contributed by atoms with Crippen molar-refractivity contribution in [3.05, 3.63) is 53.6 Å². The molecule has 1 heterocycles. The maximum Gasteiger partial charge on any atom is 0.149 e. The van der Waals surface area contributed by atoms with Crippen molar-refractivity contribution in [3.63, 3.8) is 0 Å². The molecule has 0 saturated heterocycles. The minimum Gasteiger partial charge on any atom is -0.507 e. The highest BCUT2D eigenvalue weighted by atomic mass is 19.1. The van der Waals surface area contributed by atoms with Crippen LogP contribution in [-0.2, 0) is 6.42 Å². The molecule has 3 heteroatoms. The molecule has 0 fully saturated rings. The number of nitrogens with zero attached hydrogens (tertiary/aromatic N) is 1. The first kappa shape index (κ1) is 11.9. The molecular formula is C16H14FNO. The second-order valence-corrected chi connectivity index (χ2v) is 4.68. The second-order valence-electron chi connectivity index (χ2n) is 4.68. The average Bonchev–Trinajstić information content (AvgIpc) is 2.65. The highest BCUT2D eigenvalue weighted by Gasteiger charge is 2.17. The van der Waals surface area contributed by atoms with Gasteiger partial charge in [-0.25, -0.2) is 4.39 Å². The van der Waals surface area contributed by atoms with Crippen molar-refractivity contribution < 1.29 is 9.50 Å². The maximum atomic E-state index is 13.9. The van der Waals surface area contributed by atoms with E-state index in [0.717, 1.165) is 30.4 Å². The van der Waals surface area contributed by atoms with Crippen molar-refractivity contribution >= 4 is 6.08 Å². The van der Waals surface area contributed by atoms with E-state index >= 15 is 0 Å². The van der Waals surface area contributed by atoms with E-state index in [1.54, 1.807) is 18.3 Å². The van der Waals surface area contributed by atoms with Crippen LogP contribution in [0.25, 0.3) is 17.2 Å². The van der Waals surface area contributed by atoms with E-state index in [4.69, 9.17) is 0 Å². The summed E-state index contributed by atoms with van der Waals surface area (Å²) in [6, 6.07) is 5.12. The van der Waals surface area contributed by atoms with Crippen LogP contribution >= 0.6 is 0 Å². The number of phenolic OH excluding ortho intramolecular Hbond substituents is 1. The third-order valence-electron chi connectivity index (χ3n) is 3.46. The number of allylic oxidation sites excluding steroid dienone is 1. The number of rotatable bonds is 1. The molecular weight excluding hydrogens is 241 g/mol. The van der Waals surface area contributed by atoms with Gasteiger partial charge in [-0.2, -0.15) is 0 Å². The molecule has 0 unspecified atom stereocenters. The molecule has 0 bridgehead atoms. The Morgan fingerprint density at radius 3 is 2.95 bits per heavy atom. The van der Waals surface area contributed by atoms with Gasteiger partial charge in [0.2, 0.25) is 0 Å². The first-order valence-corrected chi connectivity index (χ1v) is 6.38. The minimum absolute atomic E-state index is 0.124. The summed E-state index contributed by atoms with van der Waals surface area (Å²) in [7, 11) is 0. The fourth-order valence-corrected chi connectivity index (χ4v) is 2.56. The van der Waals surface area contributed by atoms with Crippen LogP contribution in [0.5, 0.6) is 5.75 Å². The third-order valence-corrected chi connectivity index (χ3v) is 3.46. The maximum absolute atomic E-state index is 13.9. The van der Waals surface area contributed by atoms with E-state index in [2.05, 4.69) is 11.1 Å². The summed E-state index contributed by atoms with van der Waals surface area (Å²) in [6.45, 7) is 0. The molecule has 0 saturated carbocycles. The molecule has 96 valence electrons. The van der Waals surface area contributed by atoms with Crippen LogP contribution in [0.15, 0.2) is 36.7 Å². The Morgan fingerprint density at radius 2 is 2.11 bits per heavy atom. The van der Waals surface area contributed by atoms with E-state index in [0.29, 0.717) is 11.1 Å². The number of fused-ring (bicyclic) bond motifs is 1. The number of hydrogen-bond donors (Lipinski definition) is 1. The molecule has 0 atom stereocenters. The predicted octanol–water partition coefficient (Wildman–Crippen LogP) is 3.94. The van der Waals surface area contributed by atoms with Crippen LogP contribution in [0.2, 0.25) is 0 Å².